The second kappa shape index (κ2) is 7.17. The smallest absolute Gasteiger partial charge is 0.272 e. The summed E-state index contributed by atoms with van der Waals surface area (Å²) in [7, 11) is 1.63. The van der Waals surface area contributed by atoms with E-state index in [1.807, 2.05) is 29.2 Å². The number of hydrogen-bond acceptors (Lipinski definition) is 4. The summed E-state index contributed by atoms with van der Waals surface area (Å²) in [5, 5.41) is 9.26. The SMILES string of the molecule is COc1ccccc1-c1cc(C(=O)N2CC=C(c3cccs3)CC2)[nH]n1. The standard InChI is InChI=1S/C20H19N3O2S/c1-25-18-6-3-2-5-15(18)16-13-17(22-21-16)20(24)23-10-8-14(9-11-23)19-7-4-12-26-19/h2-8,12-13H,9-11H2,1H3,(H,21,22). The maximum Gasteiger partial charge on any atom is 0.272 e. The van der Waals surface area contributed by atoms with E-state index >= 15 is 0 Å². The van der Waals surface area contributed by atoms with E-state index in [4.69, 9.17) is 4.74 Å². The average Bonchev–Trinajstić information content (AvgIpc) is 3.39. The maximum atomic E-state index is 12.8. The lowest BCUT2D eigenvalue weighted by molar-refractivity contribution is 0.0767. The van der Waals surface area contributed by atoms with Crippen LogP contribution in [0.5, 0.6) is 5.75 Å². The molecule has 6 heteroatoms. The monoisotopic (exact) mass is 365 g/mol. The zero-order chi connectivity index (χ0) is 17.9. The molecule has 132 valence electrons. The summed E-state index contributed by atoms with van der Waals surface area (Å²) in [5.41, 5.74) is 3.39. The molecule has 0 aliphatic carbocycles. The predicted octanol–water partition coefficient (Wildman–Crippen LogP) is 4.08. The molecule has 1 aliphatic heterocycles. The molecule has 0 radical (unpaired) electrons. The number of benzene rings is 1. The number of nitrogens with zero attached hydrogens (tertiary/aromatic N) is 2. The van der Waals surface area contributed by atoms with Crippen molar-refractivity contribution >= 4 is 22.8 Å². The molecule has 0 fully saturated rings. The topological polar surface area (TPSA) is 58.2 Å². The third-order valence-corrected chi connectivity index (χ3v) is 5.47. The van der Waals surface area contributed by atoms with Gasteiger partial charge in [-0.05, 0) is 41.6 Å². The Morgan fingerprint density at radius 2 is 2.15 bits per heavy atom. The quantitative estimate of drug-likeness (QED) is 0.758. The lowest BCUT2D eigenvalue weighted by Crippen LogP contribution is -2.34. The van der Waals surface area contributed by atoms with Gasteiger partial charge in [0.2, 0.25) is 0 Å². The van der Waals surface area contributed by atoms with E-state index in [1.54, 1.807) is 24.5 Å². The van der Waals surface area contributed by atoms with Crippen LogP contribution in [0.2, 0.25) is 0 Å². The molecule has 0 bridgehead atoms. The molecule has 3 aromatic rings. The predicted molar refractivity (Wildman–Crippen MR) is 103 cm³/mol. The zero-order valence-corrected chi connectivity index (χ0v) is 15.3. The minimum absolute atomic E-state index is 0.0277. The highest BCUT2D eigenvalue weighted by atomic mass is 32.1. The fraction of sp³-hybridized carbons (Fsp3) is 0.200. The fourth-order valence-electron chi connectivity index (χ4n) is 3.13. The van der Waals surface area contributed by atoms with E-state index in [1.165, 1.54) is 10.5 Å². The number of rotatable bonds is 4. The number of H-pyrrole nitrogens is 1. The minimum Gasteiger partial charge on any atom is -0.496 e. The van der Waals surface area contributed by atoms with Crippen molar-refractivity contribution in [3.05, 3.63) is 64.5 Å². The van der Waals surface area contributed by atoms with Crippen molar-refractivity contribution in [2.75, 3.05) is 20.2 Å². The number of methoxy groups -OCH3 is 1. The van der Waals surface area contributed by atoms with Crippen molar-refractivity contribution in [2.45, 2.75) is 6.42 Å². The van der Waals surface area contributed by atoms with E-state index in [-0.39, 0.29) is 5.91 Å². The summed E-state index contributed by atoms with van der Waals surface area (Å²) in [6, 6.07) is 13.6. The van der Waals surface area contributed by atoms with E-state index in [2.05, 4.69) is 33.8 Å². The first kappa shape index (κ1) is 16.6. The Hall–Kier alpha value is -2.86. The van der Waals surface area contributed by atoms with Gasteiger partial charge in [-0.1, -0.05) is 24.3 Å². The summed E-state index contributed by atoms with van der Waals surface area (Å²) in [6.07, 6.45) is 3.02. The highest BCUT2D eigenvalue weighted by molar-refractivity contribution is 7.11. The van der Waals surface area contributed by atoms with Crippen LogP contribution in [0.1, 0.15) is 21.8 Å². The summed E-state index contributed by atoms with van der Waals surface area (Å²) in [6.45, 7) is 1.33. The third-order valence-electron chi connectivity index (χ3n) is 4.53. The van der Waals surface area contributed by atoms with Crippen LogP contribution in [0.3, 0.4) is 0 Å². The number of carbonyl (C=O) groups excluding carboxylic acids is 1. The van der Waals surface area contributed by atoms with Crippen molar-refractivity contribution in [1.82, 2.24) is 15.1 Å². The zero-order valence-electron chi connectivity index (χ0n) is 14.4. The van der Waals surface area contributed by atoms with Crippen molar-refractivity contribution < 1.29 is 9.53 Å². The van der Waals surface area contributed by atoms with E-state index in [0.717, 1.165) is 17.7 Å². The van der Waals surface area contributed by atoms with Crippen molar-refractivity contribution in [3.63, 3.8) is 0 Å². The number of para-hydroxylation sites is 1. The van der Waals surface area contributed by atoms with Gasteiger partial charge >= 0.3 is 0 Å². The third kappa shape index (κ3) is 3.15. The number of nitrogens with one attached hydrogen (secondary N) is 1. The van der Waals surface area contributed by atoms with Gasteiger partial charge < -0.3 is 9.64 Å². The number of hydrogen-bond donors (Lipinski definition) is 1. The summed E-state index contributed by atoms with van der Waals surface area (Å²) in [4.78, 5) is 15.9. The molecule has 1 N–H and O–H groups in total. The van der Waals surface area contributed by atoms with Crippen LogP contribution in [0, 0.1) is 0 Å². The highest BCUT2D eigenvalue weighted by Crippen LogP contribution is 2.29. The maximum absolute atomic E-state index is 12.8. The van der Waals surface area contributed by atoms with Gasteiger partial charge in [-0.25, -0.2) is 0 Å². The normalized spacial score (nSPS) is 14.2. The molecule has 26 heavy (non-hydrogen) atoms. The van der Waals surface area contributed by atoms with Crippen molar-refractivity contribution in [3.8, 4) is 17.0 Å². The van der Waals surface area contributed by atoms with E-state index in [0.29, 0.717) is 24.5 Å². The fourth-order valence-corrected chi connectivity index (χ4v) is 3.93. The molecule has 1 aliphatic rings. The molecule has 1 aromatic carbocycles. The van der Waals surface area contributed by atoms with Crippen LogP contribution in [0.15, 0.2) is 53.9 Å². The summed E-state index contributed by atoms with van der Waals surface area (Å²) in [5.74, 6) is 0.708. The molecule has 0 saturated carbocycles. The lowest BCUT2D eigenvalue weighted by atomic mass is 10.1. The highest BCUT2D eigenvalue weighted by Gasteiger charge is 2.22. The molecular formula is C20H19N3O2S. The summed E-state index contributed by atoms with van der Waals surface area (Å²) < 4.78 is 5.38. The number of thiophene rings is 1. The molecule has 0 atom stereocenters. The Bertz CT molecular complexity index is 944. The van der Waals surface area contributed by atoms with Crippen LogP contribution in [0.25, 0.3) is 16.8 Å². The van der Waals surface area contributed by atoms with Gasteiger partial charge in [0.25, 0.3) is 5.91 Å². The minimum atomic E-state index is -0.0277. The average molecular weight is 365 g/mol. The van der Waals surface area contributed by atoms with Crippen molar-refractivity contribution in [1.29, 1.82) is 0 Å². The first-order valence-corrected chi connectivity index (χ1v) is 9.35. The number of carbonyl (C=O) groups is 1. The molecule has 0 spiro atoms. The van der Waals surface area contributed by atoms with Crippen LogP contribution in [0.4, 0.5) is 0 Å². The first-order valence-electron chi connectivity index (χ1n) is 8.47. The molecular weight excluding hydrogens is 346 g/mol. The summed E-state index contributed by atoms with van der Waals surface area (Å²) >= 11 is 1.74. The first-order chi connectivity index (χ1) is 12.8. The van der Waals surface area contributed by atoms with Gasteiger partial charge in [-0.2, -0.15) is 5.10 Å². The van der Waals surface area contributed by atoms with Crippen LogP contribution in [-0.4, -0.2) is 41.2 Å². The van der Waals surface area contributed by atoms with Gasteiger partial charge in [0, 0.05) is 23.5 Å². The largest absolute Gasteiger partial charge is 0.496 e. The van der Waals surface area contributed by atoms with Gasteiger partial charge in [0.15, 0.2) is 0 Å². The van der Waals surface area contributed by atoms with Crippen LogP contribution < -0.4 is 4.74 Å². The number of aromatic nitrogens is 2. The van der Waals surface area contributed by atoms with Crippen molar-refractivity contribution in [2.24, 2.45) is 0 Å². The molecule has 2 aromatic heterocycles. The van der Waals surface area contributed by atoms with E-state index < -0.39 is 0 Å². The van der Waals surface area contributed by atoms with E-state index in [9.17, 15) is 4.79 Å². The second-order valence-electron chi connectivity index (χ2n) is 6.07. The second-order valence-corrected chi connectivity index (χ2v) is 7.02. The van der Waals surface area contributed by atoms with Crippen LogP contribution >= 0.6 is 11.3 Å². The Balaban J connectivity index is 1.51. The molecule has 5 nitrogen and oxygen atoms in total. The Morgan fingerprint density at radius 1 is 1.27 bits per heavy atom. The van der Waals surface area contributed by atoms with Gasteiger partial charge in [-0.15, -0.1) is 11.3 Å². The van der Waals surface area contributed by atoms with Gasteiger partial charge in [0.1, 0.15) is 11.4 Å². The molecule has 1 amide bonds. The Kier molecular flexibility index (Phi) is 4.58. The Morgan fingerprint density at radius 3 is 2.88 bits per heavy atom. The molecule has 3 heterocycles. The molecule has 0 saturated heterocycles. The number of ether oxygens (including phenoxy) is 1. The number of amides is 1. The molecule has 4 rings (SSSR count). The van der Waals surface area contributed by atoms with Gasteiger partial charge in [0.05, 0.1) is 12.8 Å². The molecule has 0 unspecified atom stereocenters. The van der Waals surface area contributed by atoms with Crippen LogP contribution in [-0.2, 0) is 0 Å². The Labute approximate surface area is 155 Å². The lowest BCUT2D eigenvalue weighted by Gasteiger charge is -2.25. The number of aromatic amines is 1. The van der Waals surface area contributed by atoms with Gasteiger partial charge in [-0.3, -0.25) is 9.89 Å².